The number of nitrogens with zero attached hydrogens (tertiary/aromatic N) is 2. The van der Waals surface area contributed by atoms with E-state index in [1.165, 1.54) is 12.7 Å². The maximum atomic E-state index is 11.3. The van der Waals surface area contributed by atoms with Gasteiger partial charge in [0.2, 0.25) is 0 Å². The van der Waals surface area contributed by atoms with E-state index in [9.17, 15) is 9.90 Å². The molecule has 0 unspecified atom stereocenters. The predicted molar refractivity (Wildman–Crippen MR) is 96.7 cm³/mol. The van der Waals surface area contributed by atoms with Crippen LogP contribution in [0.2, 0.25) is 0 Å². The van der Waals surface area contributed by atoms with Crippen molar-refractivity contribution in [1.29, 1.82) is 0 Å². The molecule has 2 N–H and O–H groups in total. The van der Waals surface area contributed by atoms with Crippen molar-refractivity contribution in [3.63, 3.8) is 0 Å². The van der Waals surface area contributed by atoms with Crippen molar-refractivity contribution in [2.24, 2.45) is 0 Å². The lowest BCUT2D eigenvalue weighted by molar-refractivity contribution is -0.0442. The number of carboxylic acids is 1. The van der Waals surface area contributed by atoms with E-state index in [4.69, 9.17) is 9.47 Å². The molecule has 1 aliphatic rings. The van der Waals surface area contributed by atoms with Gasteiger partial charge in [-0.1, -0.05) is 30.3 Å². The van der Waals surface area contributed by atoms with Crippen molar-refractivity contribution >= 4 is 11.8 Å². The first-order chi connectivity index (χ1) is 12.6. The predicted octanol–water partition coefficient (Wildman–Crippen LogP) is 3.21. The average Bonchev–Trinajstić information content (AvgIpc) is 2.68. The Morgan fingerprint density at radius 1 is 1.31 bits per heavy atom. The molecule has 1 saturated heterocycles. The summed E-state index contributed by atoms with van der Waals surface area (Å²) in [5.41, 5.74) is 1.60. The van der Waals surface area contributed by atoms with Crippen LogP contribution in [0.15, 0.2) is 30.3 Å². The molecule has 0 spiro atoms. The molecule has 7 nitrogen and oxygen atoms in total. The molecule has 0 bridgehead atoms. The minimum atomic E-state index is -1.11. The minimum absolute atomic E-state index is 0.0298. The van der Waals surface area contributed by atoms with Gasteiger partial charge in [0.15, 0.2) is 5.69 Å². The Bertz CT molecular complexity index is 767. The van der Waals surface area contributed by atoms with Gasteiger partial charge in [-0.3, -0.25) is 0 Å². The van der Waals surface area contributed by atoms with Gasteiger partial charge in [0.25, 0.3) is 0 Å². The number of carboxylic acid groups (broad SMARTS) is 1. The zero-order chi connectivity index (χ0) is 18.5. The van der Waals surface area contributed by atoms with Crippen LogP contribution < -0.4 is 10.1 Å². The van der Waals surface area contributed by atoms with Crippen molar-refractivity contribution in [2.75, 3.05) is 19.0 Å². The third-order valence-corrected chi connectivity index (χ3v) is 4.53. The number of rotatable bonds is 6. The lowest BCUT2D eigenvalue weighted by Gasteiger charge is -2.30. The molecule has 1 aromatic heterocycles. The van der Waals surface area contributed by atoms with Crippen LogP contribution in [-0.2, 0) is 4.74 Å². The largest absolute Gasteiger partial charge is 0.476 e. The fourth-order valence-corrected chi connectivity index (χ4v) is 3.14. The molecular formula is C19H23N3O4. The molecule has 2 atom stereocenters. The number of anilines is 1. The van der Waals surface area contributed by atoms with Crippen molar-refractivity contribution in [2.45, 2.75) is 38.4 Å². The zero-order valence-corrected chi connectivity index (χ0v) is 14.9. The number of carbonyl (C=O) groups is 1. The first-order valence-electron chi connectivity index (χ1n) is 8.68. The van der Waals surface area contributed by atoms with E-state index < -0.39 is 5.97 Å². The van der Waals surface area contributed by atoms with Crippen LogP contribution in [0.3, 0.4) is 0 Å². The number of aromatic carboxylic acids is 1. The molecule has 0 saturated carbocycles. The third kappa shape index (κ3) is 4.11. The maximum absolute atomic E-state index is 11.3. The zero-order valence-electron chi connectivity index (χ0n) is 14.9. The molecule has 0 aliphatic carbocycles. The van der Waals surface area contributed by atoms with Gasteiger partial charge in [-0.2, -0.15) is 9.97 Å². The molecule has 1 fully saturated rings. The molecule has 138 valence electrons. The first kappa shape index (κ1) is 18.1. The van der Waals surface area contributed by atoms with E-state index in [0.29, 0.717) is 17.9 Å². The summed E-state index contributed by atoms with van der Waals surface area (Å²) in [6.45, 7) is 2.23. The van der Waals surface area contributed by atoms with Crippen molar-refractivity contribution in [3.8, 4) is 6.01 Å². The first-order valence-corrected chi connectivity index (χ1v) is 8.68. The van der Waals surface area contributed by atoms with Crippen LogP contribution in [0.5, 0.6) is 6.01 Å². The van der Waals surface area contributed by atoms with E-state index in [1.54, 1.807) is 6.92 Å². The second-order valence-electron chi connectivity index (χ2n) is 6.31. The molecule has 3 rings (SSSR count). The Morgan fingerprint density at radius 3 is 2.77 bits per heavy atom. The molecule has 26 heavy (non-hydrogen) atoms. The third-order valence-electron chi connectivity index (χ3n) is 4.53. The summed E-state index contributed by atoms with van der Waals surface area (Å²) in [5.74, 6) is -0.649. The van der Waals surface area contributed by atoms with Gasteiger partial charge in [0.1, 0.15) is 5.82 Å². The normalized spacial score (nSPS) is 19.8. The van der Waals surface area contributed by atoms with Crippen molar-refractivity contribution in [1.82, 2.24) is 9.97 Å². The van der Waals surface area contributed by atoms with E-state index in [0.717, 1.165) is 19.3 Å². The monoisotopic (exact) mass is 357 g/mol. The van der Waals surface area contributed by atoms with Gasteiger partial charge in [-0.05, 0) is 31.7 Å². The fraction of sp³-hybridized carbons (Fsp3) is 0.421. The van der Waals surface area contributed by atoms with E-state index in [-0.39, 0.29) is 23.9 Å². The Kier molecular flexibility index (Phi) is 5.68. The van der Waals surface area contributed by atoms with Gasteiger partial charge in [0.05, 0.1) is 19.3 Å². The summed E-state index contributed by atoms with van der Waals surface area (Å²) >= 11 is 0. The summed E-state index contributed by atoms with van der Waals surface area (Å²) in [5, 5.41) is 12.5. The quantitative estimate of drug-likeness (QED) is 0.820. The van der Waals surface area contributed by atoms with E-state index in [1.807, 2.05) is 18.2 Å². The lowest BCUT2D eigenvalue weighted by atomic mass is 9.98. The Morgan fingerprint density at radius 2 is 2.08 bits per heavy atom. The number of methoxy groups -OCH3 is 1. The summed E-state index contributed by atoms with van der Waals surface area (Å²) in [4.78, 5) is 19.5. The number of hydrogen-bond donors (Lipinski definition) is 2. The van der Waals surface area contributed by atoms with Gasteiger partial charge in [0, 0.05) is 12.1 Å². The highest BCUT2D eigenvalue weighted by molar-refractivity contribution is 5.88. The molecule has 0 radical (unpaired) electrons. The van der Waals surface area contributed by atoms with Gasteiger partial charge in [-0.15, -0.1) is 0 Å². The number of benzene rings is 1. The Labute approximate surface area is 152 Å². The second-order valence-corrected chi connectivity index (χ2v) is 6.31. The molecule has 7 heteroatoms. The fourth-order valence-electron chi connectivity index (χ4n) is 3.14. The SMILES string of the molecule is COc1nc(NC[C@H]2CCC[C@@H](c3ccccc3)O2)c(C)c(C(=O)O)n1. The topological polar surface area (TPSA) is 93.6 Å². The van der Waals surface area contributed by atoms with Crippen molar-refractivity contribution in [3.05, 3.63) is 47.2 Å². The van der Waals surface area contributed by atoms with Crippen LogP contribution in [0.1, 0.15) is 47.0 Å². The van der Waals surface area contributed by atoms with Gasteiger partial charge >= 0.3 is 12.0 Å². The summed E-state index contributed by atoms with van der Waals surface area (Å²) < 4.78 is 11.2. The highest BCUT2D eigenvalue weighted by Crippen LogP contribution is 2.31. The number of aromatic nitrogens is 2. The molecule has 2 heterocycles. The highest BCUT2D eigenvalue weighted by atomic mass is 16.5. The summed E-state index contributed by atoms with van der Waals surface area (Å²) in [7, 11) is 1.41. The highest BCUT2D eigenvalue weighted by Gasteiger charge is 2.24. The van der Waals surface area contributed by atoms with Crippen LogP contribution in [0, 0.1) is 6.92 Å². The average molecular weight is 357 g/mol. The Hall–Kier alpha value is -2.67. The summed E-state index contributed by atoms with van der Waals surface area (Å²) in [6, 6.07) is 10.2. The smallest absolute Gasteiger partial charge is 0.355 e. The summed E-state index contributed by atoms with van der Waals surface area (Å²) in [6.07, 6.45) is 3.15. The van der Waals surface area contributed by atoms with E-state index >= 15 is 0 Å². The van der Waals surface area contributed by atoms with Crippen LogP contribution >= 0.6 is 0 Å². The molecule has 0 amide bonds. The van der Waals surface area contributed by atoms with Crippen LogP contribution in [0.25, 0.3) is 0 Å². The molecule has 1 aliphatic heterocycles. The van der Waals surface area contributed by atoms with E-state index in [2.05, 4.69) is 27.4 Å². The van der Waals surface area contributed by atoms with Gasteiger partial charge in [-0.25, -0.2) is 4.79 Å². The lowest BCUT2D eigenvalue weighted by Crippen LogP contribution is -2.29. The van der Waals surface area contributed by atoms with Crippen LogP contribution in [-0.4, -0.2) is 40.8 Å². The molecule has 1 aromatic carbocycles. The standard InChI is InChI=1S/C19H23N3O4/c1-12-16(18(23)24)21-19(25-2)22-17(12)20-11-14-9-6-10-15(26-14)13-7-4-3-5-8-13/h3-5,7-8,14-15H,6,9-11H2,1-2H3,(H,23,24)(H,20,21,22)/t14-,15+/m1/s1. The number of ether oxygens (including phenoxy) is 2. The molecular weight excluding hydrogens is 334 g/mol. The Balaban J connectivity index is 1.69. The number of hydrogen-bond acceptors (Lipinski definition) is 6. The second kappa shape index (κ2) is 8.14. The minimum Gasteiger partial charge on any atom is -0.476 e. The molecule has 2 aromatic rings. The van der Waals surface area contributed by atoms with Crippen molar-refractivity contribution < 1.29 is 19.4 Å². The maximum Gasteiger partial charge on any atom is 0.355 e. The van der Waals surface area contributed by atoms with Gasteiger partial charge < -0.3 is 19.9 Å². The number of nitrogens with one attached hydrogen (secondary N) is 1. The van der Waals surface area contributed by atoms with Crippen LogP contribution in [0.4, 0.5) is 5.82 Å².